The number of thiazole rings is 1. The Labute approximate surface area is 205 Å². The average molecular weight is 490 g/mol. The Balaban J connectivity index is 1.34. The highest BCUT2D eigenvalue weighted by atomic mass is 32.1. The third-order valence-electron chi connectivity index (χ3n) is 5.11. The van der Waals surface area contributed by atoms with Gasteiger partial charge in [0.05, 0.1) is 30.0 Å². The molecular formula is C23H23N9O2S. The lowest BCUT2D eigenvalue weighted by molar-refractivity contribution is 0.0342. The number of hydrogen-bond donors (Lipinski definition) is 3. The van der Waals surface area contributed by atoms with Crippen LogP contribution in [0.3, 0.4) is 0 Å². The largest absolute Gasteiger partial charge is 0.384 e. The molecule has 3 aromatic heterocycles. The van der Waals surface area contributed by atoms with Gasteiger partial charge in [-0.15, -0.1) is 15.0 Å². The van der Waals surface area contributed by atoms with Crippen molar-refractivity contribution in [2.24, 2.45) is 0 Å². The van der Waals surface area contributed by atoms with E-state index in [9.17, 15) is 0 Å². The van der Waals surface area contributed by atoms with E-state index in [2.05, 4.69) is 52.9 Å². The van der Waals surface area contributed by atoms with Gasteiger partial charge < -0.3 is 15.2 Å². The summed E-state index contributed by atoms with van der Waals surface area (Å²) in [5.74, 6) is 4.29. The Kier molecular flexibility index (Phi) is 7.21. The molecule has 11 nitrogen and oxygen atoms in total. The minimum Gasteiger partial charge on any atom is -0.384 e. The van der Waals surface area contributed by atoms with Crippen molar-refractivity contribution in [3.63, 3.8) is 0 Å². The zero-order chi connectivity index (χ0) is 23.9. The number of ether oxygens (including phenoxy) is 1. The first kappa shape index (κ1) is 22.9. The summed E-state index contributed by atoms with van der Waals surface area (Å²) in [6, 6.07) is 16.3. The quantitative estimate of drug-likeness (QED) is 0.262. The predicted octanol–water partition coefficient (Wildman–Crippen LogP) is 2.12. The van der Waals surface area contributed by atoms with Crippen molar-refractivity contribution in [2.45, 2.75) is 6.54 Å². The predicted molar refractivity (Wildman–Crippen MR) is 132 cm³/mol. The van der Waals surface area contributed by atoms with E-state index in [1.807, 2.05) is 42.5 Å². The molecule has 0 amide bonds. The molecule has 4 heterocycles. The number of aromatic nitrogens is 6. The number of rotatable bonds is 7. The van der Waals surface area contributed by atoms with Gasteiger partial charge in [-0.2, -0.15) is 0 Å². The molecule has 1 saturated heterocycles. The first-order valence-electron chi connectivity index (χ1n) is 11.0. The number of anilines is 3. The van der Waals surface area contributed by atoms with Crippen molar-refractivity contribution in [1.29, 1.82) is 0 Å². The minimum atomic E-state index is -0.226. The number of tetrazole rings is 1. The topological polar surface area (TPSA) is 126 Å². The van der Waals surface area contributed by atoms with E-state index in [4.69, 9.17) is 9.84 Å². The first-order valence-corrected chi connectivity index (χ1v) is 11.8. The van der Waals surface area contributed by atoms with Gasteiger partial charge in [-0.1, -0.05) is 35.5 Å². The smallest absolute Gasteiger partial charge is 0.216 e. The molecule has 35 heavy (non-hydrogen) atoms. The second-order valence-corrected chi connectivity index (χ2v) is 8.64. The Morgan fingerprint density at radius 3 is 2.77 bits per heavy atom. The zero-order valence-corrected chi connectivity index (χ0v) is 19.6. The van der Waals surface area contributed by atoms with Gasteiger partial charge in [-0.05, 0) is 35.0 Å². The van der Waals surface area contributed by atoms with Gasteiger partial charge in [0.2, 0.25) is 5.82 Å². The van der Waals surface area contributed by atoms with Crippen LogP contribution < -0.4 is 10.6 Å². The molecule has 1 aliphatic rings. The summed E-state index contributed by atoms with van der Waals surface area (Å²) in [5, 5.41) is 28.6. The fraction of sp³-hybridized carbons (Fsp3) is 0.261. The summed E-state index contributed by atoms with van der Waals surface area (Å²) < 4.78 is 5.45. The summed E-state index contributed by atoms with van der Waals surface area (Å²) >= 11 is 1.41. The highest BCUT2D eigenvalue weighted by molar-refractivity contribution is 7.18. The number of nitrogens with one attached hydrogen (secondary N) is 2. The van der Waals surface area contributed by atoms with Crippen LogP contribution in [0, 0.1) is 12.0 Å². The molecule has 5 rings (SSSR count). The number of hydrogen-bond acceptors (Lipinski definition) is 11. The van der Waals surface area contributed by atoms with E-state index < -0.39 is 0 Å². The normalized spacial score (nSPS) is 13.7. The van der Waals surface area contributed by atoms with Crippen LogP contribution in [-0.4, -0.2) is 73.1 Å². The molecule has 3 N–H and O–H groups in total. The third kappa shape index (κ3) is 5.97. The number of para-hydroxylation sites is 1. The molecule has 0 aliphatic carbocycles. The molecule has 4 aromatic rings. The fourth-order valence-electron chi connectivity index (χ4n) is 3.50. The van der Waals surface area contributed by atoms with Crippen LogP contribution in [0.2, 0.25) is 0 Å². The van der Waals surface area contributed by atoms with Crippen LogP contribution >= 0.6 is 11.3 Å². The van der Waals surface area contributed by atoms with Crippen LogP contribution in [0.5, 0.6) is 0 Å². The highest BCUT2D eigenvalue weighted by Crippen LogP contribution is 2.29. The SMILES string of the molecule is OCC#CNc1cc(CN2CCOCC2)cc(Nc2ncc(-c3nnn(-c4ccccc4)n3)s2)n1. The van der Waals surface area contributed by atoms with Gasteiger partial charge >= 0.3 is 0 Å². The maximum Gasteiger partial charge on any atom is 0.216 e. The third-order valence-corrected chi connectivity index (χ3v) is 6.02. The minimum absolute atomic E-state index is 0.226. The van der Waals surface area contributed by atoms with Crippen molar-refractivity contribution < 1.29 is 9.84 Å². The summed E-state index contributed by atoms with van der Waals surface area (Å²) in [5.41, 5.74) is 1.90. The Hall–Kier alpha value is -3.89. The van der Waals surface area contributed by atoms with Crippen LogP contribution in [0.4, 0.5) is 16.8 Å². The molecule has 1 aromatic carbocycles. The average Bonchev–Trinajstić information content (AvgIpc) is 3.55. The molecule has 178 valence electrons. The van der Waals surface area contributed by atoms with Crippen LogP contribution in [0.1, 0.15) is 5.56 Å². The van der Waals surface area contributed by atoms with Crippen LogP contribution in [-0.2, 0) is 11.3 Å². The Morgan fingerprint density at radius 2 is 1.94 bits per heavy atom. The molecule has 0 bridgehead atoms. The van der Waals surface area contributed by atoms with Gasteiger partial charge in [0.1, 0.15) is 18.2 Å². The summed E-state index contributed by atoms with van der Waals surface area (Å²) in [6.07, 6.45) is 1.71. The van der Waals surface area contributed by atoms with E-state index in [1.165, 1.54) is 16.1 Å². The van der Waals surface area contributed by atoms with Gasteiger partial charge in [0.15, 0.2) is 5.13 Å². The van der Waals surface area contributed by atoms with Gasteiger partial charge in [-0.25, -0.2) is 9.97 Å². The number of aliphatic hydroxyl groups is 1. The number of pyridine rings is 1. The molecule has 0 saturated carbocycles. The zero-order valence-electron chi connectivity index (χ0n) is 18.8. The standard InChI is InChI=1S/C23H23N9O2S/c33-10-4-7-24-20-13-17(16-31-8-11-34-12-9-31)14-21(26-20)27-23-25-15-19(35-23)22-28-30-32(29-22)18-5-2-1-3-6-18/h1-3,5-6,13-15,33H,8-12,16H2,(H2,24,25,26,27). The molecule has 1 fully saturated rings. The van der Waals surface area contributed by atoms with Crippen molar-refractivity contribution in [1.82, 2.24) is 35.1 Å². The number of nitrogens with zero attached hydrogens (tertiary/aromatic N) is 7. The molecule has 0 radical (unpaired) electrons. The van der Waals surface area contributed by atoms with Crippen molar-refractivity contribution >= 4 is 28.1 Å². The molecular weight excluding hydrogens is 466 g/mol. The first-order chi connectivity index (χ1) is 17.3. The summed E-state index contributed by atoms with van der Waals surface area (Å²) in [6.45, 7) is 3.76. The molecule has 12 heteroatoms. The molecule has 0 spiro atoms. The molecule has 0 atom stereocenters. The summed E-state index contributed by atoms with van der Waals surface area (Å²) in [7, 11) is 0. The van der Waals surface area contributed by atoms with E-state index in [0.717, 1.165) is 49.0 Å². The lowest BCUT2D eigenvalue weighted by Crippen LogP contribution is -2.35. The second-order valence-electron chi connectivity index (χ2n) is 7.61. The van der Waals surface area contributed by atoms with E-state index >= 15 is 0 Å². The highest BCUT2D eigenvalue weighted by Gasteiger charge is 2.14. The van der Waals surface area contributed by atoms with Gasteiger partial charge in [0, 0.05) is 25.7 Å². The number of benzene rings is 1. The Morgan fingerprint density at radius 1 is 1.11 bits per heavy atom. The van der Waals surface area contributed by atoms with Crippen LogP contribution in [0.25, 0.3) is 16.4 Å². The van der Waals surface area contributed by atoms with E-state index in [-0.39, 0.29) is 6.61 Å². The number of aliphatic hydroxyl groups excluding tert-OH is 1. The molecule has 1 aliphatic heterocycles. The Bertz CT molecular complexity index is 1320. The van der Waals surface area contributed by atoms with E-state index in [1.54, 1.807) is 6.20 Å². The number of morpholine rings is 1. The maximum absolute atomic E-state index is 8.94. The summed E-state index contributed by atoms with van der Waals surface area (Å²) in [4.78, 5) is 13.7. The van der Waals surface area contributed by atoms with E-state index in [0.29, 0.717) is 22.6 Å². The lowest BCUT2D eigenvalue weighted by atomic mass is 10.2. The van der Waals surface area contributed by atoms with Crippen molar-refractivity contribution in [3.8, 4) is 28.4 Å². The molecule has 0 unspecified atom stereocenters. The fourth-order valence-corrected chi connectivity index (χ4v) is 4.25. The monoisotopic (exact) mass is 489 g/mol. The van der Waals surface area contributed by atoms with Crippen LogP contribution in [0.15, 0.2) is 48.7 Å². The maximum atomic E-state index is 8.94. The van der Waals surface area contributed by atoms with Gasteiger partial charge in [-0.3, -0.25) is 10.2 Å². The van der Waals surface area contributed by atoms with Crippen molar-refractivity contribution in [2.75, 3.05) is 43.5 Å². The second kappa shape index (κ2) is 11.0. The van der Waals surface area contributed by atoms with Crippen molar-refractivity contribution in [3.05, 3.63) is 54.2 Å². The lowest BCUT2D eigenvalue weighted by Gasteiger charge is -2.26. The van der Waals surface area contributed by atoms with Gasteiger partial charge in [0.25, 0.3) is 0 Å².